The first-order valence-corrected chi connectivity index (χ1v) is 14.5. The van der Waals surface area contributed by atoms with Gasteiger partial charge in [0.15, 0.2) is 0 Å². The number of aromatic nitrogens is 2. The van der Waals surface area contributed by atoms with Crippen molar-refractivity contribution in [2.75, 3.05) is 6.54 Å². The molecule has 0 spiro atoms. The lowest BCUT2D eigenvalue weighted by molar-refractivity contribution is -0.139. The van der Waals surface area contributed by atoms with Crippen LogP contribution in [-0.4, -0.2) is 51.2 Å². The summed E-state index contributed by atoms with van der Waals surface area (Å²) in [7, 11) is 0. The minimum atomic E-state index is -0.564. The number of nitrogens with zero attached hydrogens (tertiary/aromatic N) is 2. The topological polar surface area (TPSA) is 116 Å². The molecule has 2 aromatic heterocycles. The maximum absolute atomic E-state index is 13.4. The second kappa shape index (κ2) is 9.66. The first kappa shape index (κ1) is 25.6. The van der Waals surface area contributed by atoms with Crippen LogP contribution in [0.2, 0.25) is 0 Å². The van der Waals surface area contributed by atoms with Crippen molar-refractivity contribution in [1.82, 2.24) is 25.5 Å². The summed E-state index contributed by atoms with van der Waals surface area (Å²) < 4.78 is 6.00. The summed E-state index contributed by atoms with van der Waals surface area (Å²) in [6, 6.07) is 16.4. The van der Waals surface area contributed by atoms with E-state index in [1.807, 2.05) is 55.6 Å². The molecule has 4 aromatic rings. The molecule has 1 aliphatic carbocycles. The number of piperidine rings is 1. The summed E-state index contributed by atoms with van der Waals surface area (Å²) in [6.45, 7) is 4.19. The van der Waals surface area contributed by atoms with Gasteiger partial charge in [0.05, 0.1) is 22.9 Å². The first-order chi connectivity index (χ1) is 19.8. The monoisotopic (exact) mass is 567 g/mol. The molecule has 7 rings (SSSR count). The summed E-state index contributed by atoms with van der Waals surface area (Å²) in [5, 5.41) is 6.74. The normalized spacial score (nSPS) is 21.9. The number of carbonyl (C=O) groups excluding carboxylic acids is 3. The number of aryl methyl sites for hydroxylation is 1. The molecule has 3 atom stereocenters. The Balaban J connectivity index is 0.987. The molecule has 2 aromatic carbocycles. The van der Waals surface area contributed by atoms with E-state index in [0.29, 0.717) is 24.3 Å². The van der Waals surface area contributed by atoms with Crippen molar-refractivity contribution < 1.29 is 19.1 Å². The fourth-order valence-corrected chi connectivity index (χ4v) is 6.90. The molecule has 0 unspecified atom stereocenters. The van der Waals surface area contributed by atoms with E-state index in [1.54, 1.807) is 28.8 Å². The zero-order valence-corrected chi connectivity index (χ0v) is 23.5. The number of hydrogen-bond acceptors (Lipinski definition) is 6. The summed E-state index contributed by atoms with van der Waals surface area (Å²) in [5.74, 6) is 0.557. The van der Waals surface area contributed by atoms with Gasteiger partial charge in [0.2, 0.25) is 11.8 Å². The molecule has 1 saturated carbocycles. The lowest BCUT2D eigenvalue weighted by Crippen LogP contribution is -2.50. The van der Waals surface area contributed by atoms with Gasteiger partial charge < -0.3 is 25.3 Å². The summed E-state index contributed by atoms with van der Waals surface area (Å²) in [4.78, 5) is 50.9. The average Bonchev–Trinajstić information content (AvgIpc) is 3.30. The number of benzene rings is 2. The highest BCUT2D eigenvalue weighted by Gasteiger charge is 2.64. The van der Waals surface area contributed by atoms with Crippen LogP contribution in [0, 0.1) is 12.3 Å². The number of amides is 3. The number of rotatable bonds is 6. The molecule has 3 N–H and O–H groups in total. The minimum Gasteiger partial charge on any atom is -0.455 e. The van der Waals surface area contributed by atoms with E-state index in [4.69, 9.17) is 4.74 Å². The number of nitrogens with one attached hydrogen (secondary N) is 3. The molecule has 2 fully saturated rings. The lowest BCUT2D eigenvalue weighted by atomic mass is 10.0. The molecule has 3 aliphatic rings. The fourth-order valence-electron chi connectivity index (χ4n) is 5.96. The van der Waals surface area contributed by atoms with Gasteiger partial charge in [-0.15, -0.1) is 0 Å². The number of likely N-dealkylation sites (tertiary alicyclic amines) is 1. The molecular formula is C31H29N5O4S. The van der Waals surface area contributed by atoms with E-state index in [9.17, 15) is 14.4 Å². The number of hydrogen-bond donors (Lipinski definition) is 3. The smallest absolute Gasteiger partial charge is 0.251 e. The SMILES string of the molecule is Cc1cc2[nH]c(CNC(=O)[C@@H]3C[C@]4(C)C[C@@H]4N3C(=O)CNC(=O)c3ccc4c(c3)Oc3ccccc3S4)cc2cn1. The Bertz CT molecular complexity index is 1730. The van der Waals surface area contributed by atoms with E-state index >= 15 is 0 Å². The van der Waals surface area contributed by atoms with Crippen LogP contribution in [-0.2, 0) is 16.1 Å². The van der Waals surface area contributed by atoms with Crippen molar-refractivity contribution in [3.8, 4) is 11.5 Å². The molecular weight excluding hydrogens is 538 g/mol. The highest BCUT2D eigenvalue weighted by molar-refractivity contribution is 7.99. The highest BCUT2D eigenvalue weighted by Crippen LogP contribution is 2.59. The van der Waals surface area contributed by atoms with Crippen LogP contribution in [0.1, 0.15) is 41.5 Å². The second-order valence-electron chi connectivity index (χ2n) is 11.3. The summed E-state index contributed by atoms with van der Waals surface area (Å²) in [5.41, 5.74) is 3.11. The Labute approximate surface area is 241 Å². The average molecular weight is 568 g/mol. The number of aromatic amines is 1. The van der Waals surface area contributed by atoms with Gasteiger partial charge in [-0.2, -0.15) is 0 Å². The van der Waals surface area contributed by atoms with Gasteiger partial charge in [0, 0.05) is 40.1 Å². The zero-order valence-electron chi connectivity index (χ0n) is 22.7. The van der Waals surface area contributed by atoms with E-state index < -0.39 is 6.04 Å². The van der Waals surface area contributed by atoms with E-state index in [-0.39, 0.29) is 35.7 Å². The van der Waals surface area contributed by atoms with Gasteiger partial charge in [0.1, 0.15) is 17.5 Å². The molecule has 0 bridgehead atoms. The number of pyridine rings is 1. The zero-order chi connectivity index (χ0) is 28.3. The highest BCUT2D eigenvalue weighted by atomic mass is 32.2. The van der Waals surface area contributed by atoms with E-state index in [1.165, 1.54) is 0 Å². The third-order valence-electron chi connectivity index (χ3n) is 8.27. The Morgan fingerprint density at radius 2 is 1.90 bits per heavy atom. The maximum Gasteiger partial charge on any atom is 0.251 e. The quantitative estimate of drug-likeness (QED) is 0.277. The molecule has 2 aliphatic heterocycles. The Morgan fingerprint density at radius 1 is 1.07 bits per heavy atom. The van der Waals surface area contributed by atoms with Crippen molar-refractivity contribution in [2.45, 2.75) is 55.1 Å². The lowest BCUT2D eigenvalue weighted by Gasteiger charge is -2.27. The van der Waals surface area contributed by atoms with Gasteiger partial charge in [-0.25, -0.2) is 0 Å². The van der Waals surface area contributed by atoms with Gasteiger partial charge in [-0.05, 0) is 67.6 Å². The molecule has 208 valence electrons. The Hall–Kier alpha value is -4.31. The number of fused-ring (bicyclic) bond motifs is 4. The van der Waals surface area contributed by atoms with Crippen molar-refractivity contribution in [3.63, 3.8) is 0 Å². The van der Waals surface area contributed by atoms with Gasteiger partial charge in [-0.3, -0.25) is 19.4 Å². The molecule has 0 radical (unpaired) electrons. The van der Waals surface area contributed by atoms with Gasteiger partial charge in [-0.1, -0.05) is 30.8 Å². The van der Waals surface area contributed by atoms with E-state index in [0.717, 1.165) is 44.3 Å². The van der Waals surface area contributed by atoms with Gasteiger partial charge >= 0.3 is 0 Å². The van der Waals surface area contributed by atoms with Crippen LogP contribution in [0.5, 0.6) is 11.5 Å². The fraction of sp³-hybridized carbons (Fsp3) is 0.290. The van der Waals surface area contributed by atoms with Crippen molar-refractivity contribution in [2.24, 2.45) is 5.41 Å². The predicted octanol–water partition coefficient (Wildman–Crippen LogP) is 4.55. The third kappa shape index (κ3) is 4.72. The summed E-state index contributed by atoms with van der Waals surface area (Å²) in [6.07, 6.45) is 3.29. The third-order valence-corrected chi connectivity index (χ3v) is 9.38. The minimum absolute atomic E-state index is 0.0130. The van der Waals surface area contributed by atoms with Crippen LogP contribution in [0.3, 0.4) is 0 Å². The number of carbonyl (C=O) groups is 3. The molecule has 4 heterocycles. The van der Waals surface area contributed by atoms with E-state index in [2.05, 4.69) is 27.5 Å². The molecule has 3 amide bonds. The van der Waals surface area contributed by atoms with Gasteiger partial charge in [0.25, 0.3) is 5.91 Å². The first-order valence-electron chi connectivity index (χ1n) is 13.7. The molecule has 9 nitrogen and oxygen atoms in total. The van der Waals surface area contributed by atoms with Crippen molar-refractivity contribution in [3.05, 3.63) is 77.7 Å². The number of ether oxygens (including phenoxy) is 1. The van der Waals surface area contributed by atoms with Crippen LogP contribution in [0.25, 0.3) is 10.9 Å². The van der Waals surface area contributed by atoms with Crippen LogP contribution < -0.4 is 15.4 Å². The largest absolute Gasteiger partial charge is 0.455 e. The Kier molecular flexibility index (Phi) is 6.04. The second-order valence-corrected chi connectivity index (χ2v) is 12.4. The van der Waals surface area contributed by atoms with Crippen molar-refractivity contribution >= 4 is 40.4 Å². The van der Waals surface area contributed by atoms with Crippen LogP contribution in [0.15, 0.2) is 70.6 Å². The Morgan fingerprint density at radius 3 is 2.78 bits per heavy atom. The van der Waals surface area contributed by atoms with Crippen LogP contribution in [0.4, 0.5) is 0 Å². The summed E-state index contributed by atoms with van der Waals surface area (Å²) >= 11 is 1.59. The molecule has 41 heavy (non-hydrogen) atoms. The predicted molar refractivity (Wildman–Crippen MR) is 154 cm³/mol. The van der Waals surface area contributed by atoms with Crippen LogP contribution >= 0.6 is 11.8 Å². The number of H-pyrrole nitrogens is 1. The van der Waals surface area contributed by atoms with Crippen molar-refractivity contribution in [1.29, 1.82) is 0 Å². The molecule has 10 heteroatoms. The number of para-hydroxylation sites is 1. The molecule has 1 saturated heterocycles. The maximum atomic E-state index is 13.4. The standard InChI is InChI=1S/C31H29N5O4S/c1-17-9-21-19(14-32-17)10-20(35-21)15-33-30(39)22-12-31(2)13-27(31)36(22)28(37)16-34-29(38)18-7-8-26-24(11-18)40-23-5-3-4-6-25(23)41-26/h3-11,14,22,27,35H,12-13,15-16H2,1-2H3,(H,33,39)(H,34,38)/t22-,27-,31+/m0/s1.